The van der Waals surface area contributed by atoms with Crippen LogP contribution in [0.2, 0.25) is 0 Å². The maximum absolute atomic E-state index is 12.8. The van der Waals surface area contributed by atoms with Gasteiger partial charge in [-0.3, -0.25) is 9.59 Å². The molecule has 0 aliphatic carbocycles. The Hall–Kier alpha value is -1.93. The molecule has 7 nitrogen and oxygen atoms in total. The predicted molar refractivity (Wildman–Crippen MR) is 88.3 cm³/mol. The van der Waals surface area contributed by atoms with E-state index in [4.69, 9.17) is 0 Å². The van der Waals surface area contributed by atoms with Crippen molar-refractivity contribution in [3.8, 4) is 0 Å². The molecule has 1 aromatic rings. The Labute approximate surface area is 141 Å². The Morgan fingerprint density at radius 3 is 2.58 bits per heavy atom. The van der Waals surface area contributed by atoms with Crippen molar-refractivity contribution < 1.29 is 23.1 Å². The molecule has 1 amide bonds. The molecule has 1 aromatic carbocycles. The van der Waals surface area contributed by atoms with E-state index >= 15 is 0 Å². The van der Waals surface area contributed by atoms with Crippen LogP contribution >= 0.6 is 0 Å². The summed E-state index contributed by atoms with van der Waals surface area (Å²) in [5, 5.41) is 9.19. The van der Waals surface area contributed by atoms with E-state index in [2.05, 4.69) is 4.72 Å². The molecule has 2 atom stereocenters. The van der Waals surface area contributed by atoms with E-state index in [0.717, 1.165) is 0 Å². The van der Waals surface area contributed by atoms with Crippen molar-refractivity contribution in [3.05, 3.63) is 29.3 Å². The standard InChI is InChI=1S/C16H22N2O5S/c1-4-17-24(22,23)12-6-5-10(2)14(9-12)15(19)18-8-7-13(11(18)3)16(20)21/h5-6,9,11,13,17H,4,7-8H2,1-3H3,(H,20,21). The third kappa shape index (κ3) is 3.44. The number of likely N-dealkylation sites (tertiary alicyclic amines) is 1. The molecule has 0 radical (unpaired) electrons. The van der Waals surface area contributed by atoms with Crippen molar-refractivity contribution in [1.29, 1.82) is 0 Å². The molecule has 0 saturated carbocycles. The zero-order valence-electron chi connectivity index (χ0n) is 13.9. The molecule has 1 heterocycles. The number of aryl methyl sites for hydroxylation is 1. The minimum Gasteiger partial charge on any atom is -0.481 e. The molecule has 1 aliphatic rings. The largest absolute Gasteiger partial charge is 0.481 e. The zero-order chi connectivity index (χ0) is 18.1. The quantitative estimate of drug-likeness (QED) is 0.828. The first kappa shape index (κ1) is 18.4. The summed E-state index contributed by atoms with van der Waals surface area (Å²) in [6.45, 7) is 5.71. The summed E-state index contributed by atoms with van der Waals surface area (Å²) < 4.78 is 26.7. The van der Waals surface area contributed by atoms with Gasteiger partial charge in [-0.25, -0.2) is 13.1 Å². The Bertz CT molecular complexity index is 760. The Balaban J connectivity index is 2.35. The van der Waals surface area contributed by atoms with Gasteiger partial charge in [0.25, 0.3) is 5.91 Å². The number of nitrogens with one attached hydrogen (secondary N) is 1. The highest BCUT2D eigenvalue weighted by Gasteiger charge is 2.38. The third-order valence-electron chi connectivity index (χ3n) is 4.42. The lowest BCUT2D eigenvalue weighted by atomic mass is 10.0. The lowest BCUT2D eigenvalue weighted by Gasteiger charge is -2.24. The molecule has 2 rings (SSSR count). The van der Waals surface area contributed by atoms with E-state index < -0.39 is 28.0 Å². The number of benzene rings is 1. The van der Waals surface area contributed by atoms with Crippen LogP contribution < -0.4 is 4.72 Å². The molecule has 8 heteroatoms. The third-order valence-corrected chi connectivity index (χ3v) is 5.96. The number of hydrogen-bond acceptors (Lipinski definition) is 4. The number of carboxylic acid groups (broad SMARTS) is 1. The smallest absolute Gasteiger partial charge is 0.308 e. The molecule has 0 spiro atoms. The summed E-state index contributed by atoms with van der Waals surface area (Å²) in [7, 11) is -3.66. The number of carboxylic acids is 1. The van der Waals surface area contributed by atoms with Gasteiger partial charge in [-0.2, -0.15) is 0 Å². The van der Waals surface area contributed by atoms with E-state index in [0.29, 0.717) is 18.5 Å². The van der Waals surface area contributed by atoms with Crippen molar-refractivity contribution in [1.82, 2.24) is 9.62 Å². The van der Waals surface area contributed by atoms with Crippen LogP contribution in [0.4, 0.5) is 0 Å². The van der Waals surface area contributed by atoms with E-state index in [1.54, 1.807) is 26.8 Å². The second-order valence-electron chi connectivity index (χ2n) is 5.95. The van der Waals surface area contributed by atoms with Gasteiger partial charge >= 0.3 is 5.97 Å². The first-order valence-corrected chi connectivity index (χ1v) is 9.31. The minimum absolute atomic E-state index is 0.0277. The van der Waals surface area contributed by atoms with Crippen molar-refractivity contribution in [2.75, 3.05) is 13.1 Å². The normalized spacial score (nSPS) is 21.0. The highest BCUT2D eigenvalue weighted by Crippen LogP contribution is 2.27. The van der Waals surface area contributed by atoms with Gasteiger partial charge in [-0.1, -0.05) is 13.0 Å². The maximum atomic E-state index is 12.8. The van der Waals surface area contributed by atoms with Gasteiger partial charge in [-0.15, -0.1) is 0 Å². The molecule has 2 unspecified atom stereocenters. The molecule has 2 N–H and O–H groups in total. The second-order valence-corrected chi connectivity index (χ2v) is 7.72. The molecule has 1 saturated heterocycles. The fraction of sp³-hybridized carbons (Fsp3) is 0.500. The molecule has 132 valence electrons. The average molecular weight is 354 g/mol. The van der Waals surface area contributed by atoms with Crippen molar-refractivity contribution in [2.24, 2.45) is 5.92 Å². The van der Waals surface area contributed by atoms with Crippen molar-refractivity contribution in [2.45, 2.75) is 38.1 Å². The topological polar surface area (TPSA) is 104 Å². The average Bonchev–Trinajstić information content (AvgIpc) is 2.88. The van der Waals surface area contributed by atoms with E-state index in [9.17, 15) is 23.1 Å². The summed E-state index contributed by atoms with van der Waals surface area (Å²) in [6, 6.07) is 3.98. The van der Waals surface area contributed by atoms with Gasteiger partial charge in [0.15, 0.2) is 0 Å². The van der Waals surface area contributed by atoms with Gasteiger partial charge in [-0.05, 0) is 38.0 Å². The number of rotatable bonds is 5. The summed E-state index contributed by atoms with van der Waals surface area (Å²) in [4.78, 5) is 25.5. The van der Waals surface area contributed by atoms with Crippen LogP contribution in [0.25, 0.3) is 0 Å². The molecule has 0 bridgehead atoms. The van der Waals surface area contributed by atoms with E-state index in [1.165, 1.54) is 17.0 Å². The fourth-order valence-electron chi connectivity index (χ4n) is 2.98. The first-order chi connectivity index (χ1) is 11.2. The highest BCUT2D eigenvalue weighted by atomic mass is 32.2. The Morgan fingerprint density at radius 2 is 2.04 bits per heavy atom. The number of amides is 1. The predicted octanol–water partition coefficient (Wildman–Crippen LogP) is 1.23. The molecule has 24 heavy (non-hydrogen) atoms. The summed E-state index contributed by atoms with van der Waals surface area (Å²) in [5.41, 5.74) is 0.938. The Morgan fingerprint density at radius 1 is 1.38 bits per heavy atom. The van der Waals surface area contributed by atoms with Crippen LogP contribution in [-0.4, -0.2) is 49.4 Å². The van der Waals surface area contributed by atoms with Gasteiger partial charge in [0.1, 0.15) is 0 Å². The minimum atomic E-state index is -3.66. The number of hydrogen-bond donors (Lipinski definition) is 2. The Kier molecular flexibility index (Phi) is 5.29. The van der Waals surface area contributed by atoms with E-state index in [1.807, 2.05) is 0 Å². The summed E-state index contributed by atoms with van der Waals surface area (Å²) in [6.07, 6.45) is 0.399. The lowest BCUT2D eigenvalue weighted by Crippen LogP contribution is -2.38. The molecule has 0 aromatic heterocycles. The van der Waals surface area contributed by atoms with Gasteiger partial charge in [0, 0.05) is 24.7 Å². The fourth-order valence-corrected chi connectivity index (χ4v) is 4.05. The van der Waals surface area contributed by atoms with Gasteiger partial charge < -0.3 is 10.0 Å². The number of nitrogens with zero attached hydrogens (tertiary/aromatic N) is 1. The van der Waals surface area contributed by atoms with Gasteiger partial charge in [0.05, 0.1) is 10.8 Å². The molecule has 1 aliphatic heterocycles. The highest BCUT2D eigenvalue weighted by molar-refractivity contribution is 7.89. The van der Waals surface area contributed by atoms with Crippen LogP contribution in [0.1, 0.15) is 36.2 Å². The number of carbonyl (C=O) groups is 2. The second kappa shape index (κ2) is 6.90. The summed E-state index contributed by atoms with van der Waals surface area (Å²) in [5.74, 6) is -1.85. The van der Waals surface area contributed by atoms with Crippen LogP contribution in [-0.2, 0) is 14.8 Å². The molecular formula is C16H22N2O5S. The number of aliphatic carboxylic acids is 1. The van der Waals surface area contributed by atoms with Crippen molar-refractivity contribution >= 4 is 21.9 Å². The molecule has 1 fully saturated rings. The van der Waals surface area contributed by atoms with Crippen LogP contribution in [0.3, 0.4) is 0 Å². The lowest BCUT2D eigenvalue weighted by molar-refractivity contribution is -0.142. The maximum Gasteiger partial charge on any atom is 0.308 e. The number of carbonyl (C=O) groups excluding carboxylic acids is 1. The van der Waals surface area contributed by atoms with Gasteiger partial charge in [0.2, 0.25) is 10.0 Å². The first-order valence-electron chi connectivity index (χ1n) is 7.83. The molecular weight excluding hydrogens is 332 g/mol. The van der Waals surface area contributed by atoms with Crippen molar-refractivity contribution in [3.63, 3.8) is 0 Å². The van der Waals surface area contributed by atoms with Crippen LogP contribution in [0.15, 0.2) is 23.1 Å². The summed E-state index contributed by atoms with van der Waals surface area (Å²) >= 11 is 0. The SMILES string of the molecule is CCNS(=O)(=O)c1ccc(C)c(C(=O)N2CCC(C(=O)O)C2C)c1. The van der Waals surface area contributed by atoms with Crippen LogP contribution in [0.5, 0.6) is 0 Å². The monoisotopic (exact) mass is 354 g/mol. The van der Waals surface area contributed by atoms with Crippen LogP contribution in [0, 0.1) is 12.8 Å². The number of sulfonamides is 1. The zero-order valence-corrected chi connectivity index (χ0v) is 14.8. The van der Waals surface area contributed by atoms with E-state index in [-0.39, 0.29) is 22.9 Å².